The minimum atomic E-state index is 0.708. The number of imidazole rings is 1. The standard InChI is InChI=1S/C13H10Br2N4/c14-10-3-1-9(2-4-10)7-17-12-13-16-5-6-19(13)8-11(15)18-12/h1-6,8H,7H2,(H,17,18). The average molecular weight is 382 g/mol. The topological polar surface area (TPSA) is 42.2 Å². The van der Waals surface area contributed by atoms with E-state index < -0.39 is 0 Å². The minimum absolute atomic E-state index is 0.708. The van der Waals surface area contributed by atoms with Gasteiger partial charge in [-0.1, -0.05) is 28.1 Å². The molecule has 0 bridgehead atoms. The molecule has 0 spiro atoms. The summed E-state index contributed by atoms with van der Waals surface area (Å²) in [5, 5.41) is 3.31. The predicted octanol–water partition coefficient (Wildman–Crippen LogP) is 3.87. The van der Waals surface area contributed by atoms with Crippen LogP contribution in [0.15, 0.2) is 51.9 Å². The van der Waals surface area contributed by atoms with Crippen LogP contribution in [0.1, 0.15) is 5.56 Å². The van der Waals surface area contributed by atoms with Gasteiger partial charge in [0.05, 0.1) is 0 Å². The number of hydrogen-bond donors (Lipinski definition) is 1. The lowest BCUT2D eigenvalue weighted by atomic mass is 10.2. The lowest BCUT2D eigenvalue weighted by Gasteiger charge is -2.07. The maximum absolute atomic E-state index is 4.42. The first-order valence-corrected chi connectivity index (χ1v) is 7.28. The van der Waals surface area contributed by atoms with Crippen molar-refractivity contribution in [1.82, 2.24) is 14.4 Å². The van der Waals surface area contributed by atoms with Gasteiger partial charge in [-0.3, -0.25) is 0 Å². The second-order valence-corrected chi connectivity index (χ2v) is 5.78. The Hall–Kier alpha value is -1.40. The number of aromatic nitrogens is 3. The first kappa shape index (κ1) is 12.6. The molecule has 0 unspecified atom stereocenters. The summed E-state index contributed by atoms with van der Waals surface area (Å²) in [6.45, 7) is 0.708. The molecule has 0 atom stereocenters. The summed E-state index contributed by atoms with van der Waals surface area (Å²) in [6.07, 6.45) is 5.54. The molecule has 4 nitrogen and oxygen atoms in total. The van der Waals surface area contributed by atoms with Crippen LogP contribution in [0, 0.1) is 0 Å². The summed E-state index contributed by atoms with van der Waals surface area (Å²) in [6, 6.07) is 8.18. The Morgan fingerprint density at radius 1 is 1.16 bits per heavy atom. The van der Waals surface area contributed by atoms with E-state index in [0.717, 1.165) is 20.5 Å². The minimum Gasteiger partial charge on any atom is -0.363 e. The normalized spacial score (nSPS) is 10.8. The molecule has 0 aliphatic carbocycles. The highest BCUT2D eigenvalue weighted by Crippen LogP contribution is 2.18. The molecular weight excluding hydrogens is 372 g/mol. The molecule has 0 amide bonds. The average Bonchev–Trinajstić information content (AvgIpc) is 2.85. The molecule has 96 valence electrons. The van der Waals surface area contributed by atoms with E-state index in [-0.39, 0.29) is 0 Å². The Balaban J connectivity index is 1.85. The zero-order valence-corrected chi connectivity index (χ0v) is 13.0. The number of rotatable bonds is 3. The van der Waals surface area contributed by atoms with Crippen LogP contribution in [-0.4, -0.2) is 14.4 Å². The van der Waals surface area contributed by atoms with E-state index in [4.69, 9.17) is 0 Å². The predicted molar refractivity (Wildman–Crippen MR) is 82.2 cm³/mol. The summed E-state index contributed by atoms with van der Waals surface area (Å²) in [7, 11) is 0. The zero-order chi connectivity index (χ0) is 13.2. The third-order valence-corrected chi connectivity index (χ3v) is 3.63. The molecule has 19 heavy (non-hydrogen) atoms. The second kappa shape index (κ2) is 5.30. The molecule has 6 heteroatoms. The van der Waals surface area contributed by atoms with Crippen LogP contribution in [-0.2, 0) is 6.54 Å². The highest BCUT2D eigenvalue weighted by Gasteiger charge is 2.05. The van der Waals surface area contributed by atoms with E-state index in [1.54, 1.807) is 6.20 Å². The molecule has 3 rings (SSSR count). The molecule has 0 fully saturated rings. The Labute approximate surface area is 127 Å². The van der Waals surface area contributed by atoms with Gasteiger partial charge in [0.1, 0.15) is 4.60 Å². The van der Waals surface area contributed by atoms with Gasteiger partial charge in [0, 0.05) is 29.6 Å². The van der Waals surface area contributed by atoms with Crippen LogP contribution in [0.3, 0.4) is 0 Å². The number of hydrogen-bond acceptors (Lipinski definition) is 3. The van der Waals surface area contributed by atoms with Gasteiger partial charge in [0.2, 0.25) is 0 Å². The molecule has 1 aromatic carbocycles. The molecule has 0 saturated heterocycles. The Morgan fingerprint density at radius 3 is 2.74 bits per heavy atom. The second-order valence-electron chi connectivity index (χ2n) is 4.05. The largest absolute Gasteiger partial charge is 0.363 e. The summed E-state index contributed by atoms with van der Waals surface area (Å²) >= 11 is 6.82. The number of benzene rings is 1. The van der Waals surface area contributed by atoms with Crippen molar-refractivity contribution in [3.8, 4) is 0 Å². The smallest absolute Gasteiger partial charge is 0.180 e. The van der Waals surface area contributed by atoms with E-state index in [2.05, 4.69) is 59.3 Å². The summed E-state index contributed by atoms with van der Waals surface area (Å²) in [4.78, 5) is 8.71. The molecule has 0 aliphatic heterocycles. The van der Waals surface area contributed by atoms with Crippen molar-refractivity contribution < 1.29 is 0 Å². The van der Waals surface area contributed by atoms with E-state index >= 15 is 0 Å². The lowest BCUT2D eigenvalue weighted by molar-refractivity contribution is 1.05. The number of anilines is 1. The van der Waals surface area contributed by atoms with Crippen molar-refractivity contribution in [2.45, 2.75) is 6.54 Å². The molecule has 3 aromatic rings. The van der Waals surface area contributed by atoms with Crippen LogP contribution < -0.4 is 5.32 Å². The van der Waals surface area contributed by atoms with Crippen LogP contribution in [0.25, 0.3) is 5.65 Å². The van der Waals surface area contributed by atoms with E-state index in [1.165, 1.54) is 5.56 Å². The first-order chi connectivity index (χ1) is 9.22. The fourth-order valence-corrected chi connectivity index (χ4v) is 2.47. The van der Waals surface area contributed by atoms with Crippen molar-refractivity contribution in [2.24, 2.45) is 0 Å². The fourth-order valence-electron chi connectivity index (χ4n) is 1.81. The number of halogens is 2. The summed E-state index contributed by atoms with van der Waals surface area (Å²) < 4.78 is 3.78. The number of nitrogens with one attached hydrogen (secondary N) is 1. The van der Waals surface area contributed by atoms with Crippen LogP contribution in [0.5, 0.6) is 0 Å². The van der Waals surface area contributed by atoms with Crippen molar-refractivity contribution >= 4 is 43.3 Å². The first-order valence-electron chi connectivity index (χ1n) is 5.70. The summed E-state index contributed by atoms with van der Waals surface area (Å²) in [5.41, 5.74) is 2.01. The third kappa shape index (κ3) is 2.79. The Morgan fingerprint density at radius 2 is 1.95 bits per heavy atom. The van der Waals surface area contributed by atoms with Crippen molar-refractivity contribution in [3.63, 3.8) is 0 Å². The van der Waals surface area contributed by atoms with Crippen molar-refractivity contribution in [2.75, 3.05) is 5.32 Å². The van der Waals surface area contributed by atoms with Gasteiger partial charge in [-0.05, 0) is 33.6 Å². The van der Waals surface area contributed by atoms with Gasteiger partial charge >= 0.3 is 0 Å². The van der Waals surface area contributed by atoms with E-state index in [1.807, 2.05) is 28.9 Å². The van der Waals surface area contributed by atoms with Crippen LogP contribution in [0.2, 0.25) is 0 Å². The summed E-state index contributed by atoms with van der Waals surface area (Å²) in [5.74, 6) is 0.766. The van der Waals surface area contributed by atoms with Crippen molar-refractivity contribution in [1.29, 1.82) is 0 Å². The zero-order valence-electron chi connectivity index (χ0n) is 9.85. The molecular formula is C13H10Br2N4. The van der Waals surface area contributed by atoms with Gasteiger partial charge in [0.15, 0.2) is 11.5 Å². The molecule has 1 N–H and O–H groups in total. The quantitative estimate of drug-likeness (QED) is 0.748. The van der Waals surface area contributed by atoms with Gasteiger partial charge in [-0.15, -0.1) is 0 Å². The number of fused-ring (bicyclic) bond motifs is 1. The van der Waals surface area contributed by atoms with Gasteiger partial charge in [-0.25, -0.2) is 9.97 Å². The number of nitrogens with zero attached hydrogens (tertiary/aromatic N) is 3. The molecule has 0 aliphatic rings. The van der Waals surface area contributed by atoms with Crippen LogP contribution >= 0.6 is 31.9 Å². The molecule has 2 heterocycles. The maximum atomic E-state index is 4.42. The highest BCUT2D eigenvalue weighted by atomic mass is 79.9. The lowest BCUT2D eigenvalue weighted by Crippen LogP contribution is -2.04. The van der Waals surface area contributed by atoms with Crippen LogP contribution in [0.4, 0.5) is 5.82 Å². The maximum Gasteiger partial charge on any atom is 0.180 e. The van der Waals surface area contributed by atoms with Gasteiger partial charge in [0.25, 0.3) is 0 Å². The third-order valence-electron chi connectivity index (χ3n) is 2.72. The van der Waals surface area contributed by atoms with Gasteiger partial charge in [-0.2, -0.15) is 0 Å². The fraction of sp³-hybridized carbons (Fsp3) is 0.0769. The van der Waals surface area contributed by atoms with E-state index in [0.29, 0.717) is 6.54 Å². The Kier molecular flexibility index (Phi) is 3.52. The molecule has 0 radical (unpaired) electrons. The molecule has 0 saturated carbocycles. The van der Waals surface area contributed by atoms with Crippen molar-refractivity contribution in [3.05, 3.63) is 57.5 Å². The monoisotopic (exact) mass is 380 g/mol. The Bertz CT molecular complexity index is 706. The van der Waals surface area contributed by atoms with Gasteiger partial charge < -0.3 is 9.72 Å². The molecule has 2 aromatic heterocycles. The van der Waals surface area contributed by atoms with E-state index in [9.17, 15) is 0 Å². The SMILES string of the molecule is Brc1ccc(CNc2nc(Br)cn3ccnc23)cc1. The highest BCUT2D eigenvalue weighted by molar-refractivity contribution is 9.10.